The van der Waals surface area contributed by atoms with Crippen molar-refractivity contribution in [3.8, 4) is 11.1 Å². The van der Waals surface area contributed by atoms with Gasteiger partial charge >= 0.3 is 12.1 Å². The fourth-order valence-electron chi connectivity index (χ4n) is 7.29. The summed E-state index contributed by atoms with van der Waals surface area (Å²) < 4.78 is 64.9. The zero-order valence-corrected chi connectivity index (χ0v) is 43.7. The molecule has 0 saturated heterocycles. The van der Waals surface area contributed by atoms with Crippen molar-refractivity contribution in [2.75, 3.05) is 193 Å². The summed E-state index contributed by atoms with van der Waals surface area (Å²) in [5, 5.41) is 12.6. The van der Waals surface area contributed by atoms with Gasteiger partial charge in [0, 0.05) is 67.1 Å². The molecule has 418 valence electrons. The van der Waals surface area contributed by atoms with E-state index in [-0.39, 0.29) is 78.3 Å². The molecule has 0 heterocycles. The van der Waals surface area contributed by atoms with Crippen molar-refractivity contribution in [3.05, 3.63) is 59.7 Å². The number of hydrogen-bond donors (Lipinski definition) is 2. The zero-order chi connectivity index (χ0) is 54.0. The molecular weight excluding hydrogens is 973 g/mol. The first-order chi connectivity index (χ1) is 36.1. The molecule has 2 N–H and O–H groups in total. The number of nitrogens with zero attached hydrogens (tertiary/aromatic N) is 3. The van der Waals surface area contributed by atoms with Gasteiger partial charge in [-0.15, -0.1) is 0 Å². The van der Waals surface area contributed by atoms with E-state index in [4.69, 9.17) is 61.6 Å². The van der Waals surface area contributed by atoms with Crippen LogP contribution in [0.4, 0.5) is 4.79 Å². The van der Waals surface area contributed by atoms with E-state index in [0.717, 1.165) is 27.2 Å². The molecule has 0 aromatic heterocycles. The van der Waals surface area contributed by atoms with E-state index in [2.05, 4.69) is 5.32 Å². The highest BCUT2D eigenvalue weighted by Gasteiger charge is 2.33. The molecule has 23 nitrogen and oxygen atoms in total. The number of aliphatic carboxylic acids is 1. The molecule has 4 amide bonds. The Morgan fingerprint density at radius 1 is 0.500 bits per heavy atom. The van der Waals surface area contributed by atoms with Crippen molar-refractivity contribution in [1.29, 1.82) is 0 Å². The first-order valence-electron chi connectivity index (χ1n) is 24.6. The number of carbonyl (C=O) groups excluding carboxylic acids is 5. The Morgan fingerprint density at radius 2 is 0.865 bits per heavy atom. The molecule has 0 saturated carbocycles. The topological polar surface area (TPSA) is 255 Å². The van der Waals surface area contributed by atoms with Crippen LogP contribution in [0.3, 0.4) is 0 Å². The summed E-state index contributed by atoms with van der Waals surface area (Å²) in [6.45, 7) is 6.67. The molecule has 0 bridgehead atoms. The summed E-state index contributed by atoms with van der Waals surface area (Å²) >= 11 is 0. The van der Waals surface area contributed by atoms with Gasteiger partial charge in [-0.2, -0.15) is 0 Å². The third-order valence-corrected chi connectivity index (χ3v) is 11.1. The van der Waals surface area contributed by atoms with E-state index in [1.807, 2.05) is 55.3 Å². The number of amides is 4. The van der Waals surface area contributed by atoms with Crippen molar-refractivity contribution in [1.82, 2.24) is 20.0 Å². The van der Waals surface area contributed by atoms with Crippen LogP contribution < -0.4 is 5.32 Å². The Kier molecular flexibility index (Phi) is 36.9. The van der Waals surface area contributed by atoms with Crippen LogP contribution in [0.25, 0.3) is 11.1 Å². The number of nitrogens with one attached hydrogen (secondary N) is 1. The Bertz CT molecular complexity index is 1780. The molecule has 1 atom stereocenters. The Balaban J connectivity index is 0.00000925. The lowest BCUT2D eigenvalue weighted by Crippen LogP contribution is -2.51. The number of rotatable bonds is 44. The lowest BCUT2D eigenvalue weighted by molar-refractivity contribution is -0.148. The fourth-order valence-corrected chi connectivity index (χ4v) is 7.29. The van der Waals surface area contributed by atoms with Gasteiger partial charge in [0.1, 0.15) is 32.5 Å². The number of carbonyl (C=O) groups is 6. The fraction of sp³-hybridized carbons (Fsp3) is 0.647. The number of carboxylic acid groups (broad SMARTS) is 1. The Hall–Kier alpha value is -5.18. The molecule has 0 fully saturated rings. The van der Waals surface area contributed by atoms with Crippen molar-refractivity contribution >= 4 is 36.6 Å². The maximum atomic E-state index is 14.3. The smallest absolute Gasteiger partial charge is 0.407 e. The molecule has 0 spiro atoms. The predicted molar refractivity (Wildman–Crippen MR) is 269 cm³/mol. The molecule has 0 radical (unpaired) electrons. The van der Waals surface area contributed by atoms with Crippen LogP contribution in [-0.4, -0.2) is 256 Å². The van der Waals surface area contributed by atoms with E-state index in [1.165, 1.54) is 9.80 Å². The summed E-state index contributed by atoms with van der Waals surface area (Å²) in [6, 6.07) is 13.7. The molecule has 1 aliphatic carbocycles. The summed E-state index contributed by atoms with van der Waals surface area (Å²) in [5.41, 5.74) is 3.93. The van der Waals surface area contributed by atoms with Gasteiger partial charge in [0.15, 0.2) is 0 Å². The van der Waals surface area contributed by atoms with E-state index < -0.39 is 55.3 Å². The minimum atomic E-state index is -1.78. The zero-order valence-electron chi connectivity index (χ0n) is 43.7. The number of alkyl carbamates (subject to hydrolysis) is 1. The average molecular weight is 1050 g/mol. The largest absolute Gasteiger partial charge is 0.480 e. The maximum absolute atomic E-state index is 14.3. The predicted octanol–water partition coefficient (Wildman–Crippen LogP) is 1.76. The van der Waals surface area contributed by atoms with Crippen molar-refractivity contribution in [3.63, 3.8) is 0 Å². The first kappa shape index (κ1) is 64.9. The highest BCUT2D eigenvalue weighted by atomic mass is 16.6. The summed E-state index contributed by atoms with van der Waals surface area (Å²) in [4.78, 5) is 80.7. The molecule has 0 unspecified atom stereocenters. The molecule has 3 rings (SSSR count). The van der Waals surface area contributed by atoms with Crippen LogP contribution in [0.1, 0.15) is 29.9 Å². The minimum absolute atomic E-state index is 0.0867. The molecule has 0 aliphatic heterocycles. The molecule has 2 aromatic rings. The number of hydrogen-bond acceptors (Lipinski definition) is 18. The van der Waals surface area contributed by atoms with E-state index in [1.54, 1.807) is 28.4 Å². The van der Waals surface area contributed by atoms with Gasteiger partial charge in [-0.1, -0.05) is 48.5 Å². The minimum Gasteiger partial charge on any atom is -0.480 e. The van der Waals surface area contributed by atoms with E-state index in [0.29, 0.717) is 85.7 Å². The Morgan fingerprint density at radius 3 is 1.27 bits per heavy atom. The molecular formula is C51H80N4O19. The normalized spacial score (nSPS) is 12.0. The summed E-state index contributed by atoms with van der Waals surface area (Å²) in [7, 11) is 6.28. The Labute approximate surface area is 435 Å². The number of carboxylic acids is 1. The molecule has 1 aliphatic rings. The van der Waals surface area contributed by atoms with Crippen LogP contribution in [0.15, 0.2) is 48.5 Å². The average Bonchev–Trinajstić information content (AvgIpc) is 3.73. The molecule has 74 heavy (non-hydrogen) atoms. The van der Waals surface area contributed by atoms with Gasteiger partial charge in [0.25, 0.3) is 0 Å². The second-order valence-electron chi connectivity index (χ2n) is 16.2. The van der Waals surface area contributed by atoms with Gasteiger partial charge in [-0.3, -0.25) is 14.4 Å². The standard InChI is InChI=1S/C50H78N4O18.CH2O/c1-61-22-26-65-18-9-14-52(15-19-66-30-33-69-27-23-62-2)47(56)37-54(38-48(57)53(16-20-67-31-34-70-28-24-63-3)17-21-68-32-35-71-29-25-64-4)46(55)36-45(49(58)59)51-50(60)72-39-44-42-12-7-5-10-40(42)41-11-6-8-13-43(41)44;1-2/h5-8,10-13,44-45H,9,14-39H2,1-4H3,(H,51,60)(H,58,59);1H2/t45-;/m0./s1. The number of fused-ring (bicyclic) bond motifs is 3. The van der Waals surface area contributed by atoms with Crippen LogP contribution in [-0.2, 0) is 80.8 Å². The lowest BCUT2D eigenvalue weighted by atomic mass is 9.98. The number of methoxy groups -OCH3 is 4. The van der Waals surface area contributed by atoms with Crippen molar-refractivity contribution in [2.24, 2.45) is 0 Å². The third-order valence-electron chi connectivity index (χ3n) is 11.1. The van der Waals surface area contributed by atoms with Gasteiger partial charge in [0.2, 0.25) is 17.7 Å². The van der Waals surface area contributed by atoms with Crippen molar-refractivity contribution < 1.29 is 90.7 Å². The van der Waals surface area contributed by atoms with Gasteiger partial charge in [0.05, 0.1) is 119 Å². The van der Waals surface area contributed by atoms with Crippen LogP contribution >= 0.6 is 0 Å². The van der Waals surface area contributed by atoms with Gasteiger partial charge in [-0.05, 0) is 28.7 Å². The highest BCUT2D eigenvalue weighted by molar-refractivity contribution is 5.92. The third kappa shape index (κ3) is 26.9. The summed E-state index contributed by atoms with van der Waals surface area (Å²) in [5.74, 6) is -3.82. The summed E-state index contributed by atoms with van der Waals surface area (Å²) in [6.07, 6.45) is -1.44. The van der Waals surface area contributed by atoms with Crippen LogP contribution in [0.5, 0.6) is 0 Å². The van der Waals surface area contributed by atoms with E-state index >= 15 is 0 Å². The van der Waals surface area contributed by atoms with Gasteiger partial charge in [-0.25, -0.2) is 9.59 Å². The first-order valence-corrected chi connectivity index (χ1v) is 24.6. The highest BCUT2D eigenvalue weighted by Crippen LogP contribution is 2.44. The van der Waals surface area contributed by atoms with Crippen LogP contribution in [0, 0.1) is 0 Å². The number of ether oxygens (including phenoxy) is 12. The van der Waals surface area contributed by atoms with Crippen LogP contribution in [0.2, 0.25) is 0 Å². The SMILES string of the molecule is C=O.COCCOCCCN(CCOCCOCCOC)C(=O)CN(CC(=O)N(CCOCCOCCOC)CCOCCOCCOC)C(=O)C[C@H](NC(=O)OCC1c2ccccc2-c2ccccc21)C(=O)O. The second-order valence-corrected chi connectivity index (χ2v) is 16.2. The lowest BCUT2D eigenvalue weighted by Gasteiger charge is -2.30. The van der Waals surface area contributed by atoms with Crippen molar-refractivity contribution in [2.45, 2.75) is 24.8 Å². The number of benzene rings is 2. The van der Waals surface area contributed by atoms with E-state index in [9.17, 15) is 29.1 Å². The molecule has 2 aromatic carbocycles. The molecule has 23 heteroatoms. The maximum Gasteiger partial charge on any atom is 0.407 e. The van der Waals surface area contributed by atoms with Gasteiger partial charge < -0.3 is 86.8 Å². The quantitative estimate of drug-likeness (QED) is 0.0897. The second kappa shape index (κ2) is 42.1. The monoisotopic (exact) mass is 1050 g/mol.